The summed E-state index contributed by atoms with van der Waals surface area (Å²) in [6, 6.07) is 18.3. The van der Waals surface area contributed by atoms with Crippen LogP contribution in [-0.4, -0.2) is 73.9 Å². The molecule has 2 aliphatic rings. The molecule has 2 aromatic carbocycles. The third-order valence-electron chi connectivity index (χ3n) is 7.42. The molecule has 2 aromatic heterocycles. The number of nitrogens with zero attached hydrogens (tertiary/aromatic N) is 4. The lowest BCUT2D eigenvalue weighted by Crippen LogP contribution is -2.44. The van der Waals surface area contributed by atoms with Crippen molar-refractivity contribution in [3.8, 4) is 5.88 Å². The number of H-pyrrole nitrogens is 1. The van der Waals surface area contributed by atoms with E-state index in [4.69, 9.17) is 4.99 Å². The summed E-state index contributed by atoms with van der Waals surface area (Å²) < 4.78 is 28.7. The highest BCUT2D eigenvalue weighted by Gasteiger charge is 2.26. The van der Waals surface area contributed by atoms with E-state index >= 15 is 0 Å². The van der Waals surface area contributed by atoms with Gasteiger partial charge in [-0.1, -0.05) is 6.07 Å². The Hall–Kier alpha value is -3.73. The second-order valence-electron chi connectivity index (χ2n) is 10.3. The first kappa shape index (κ1) is 25.5. The van der Waals surface area contributed by atoms with E-state index in [1.54, 1.807) is 24.4 Å². The highest BCUT2D eigenvalue weighted by molar-refractivity contribution is 7.89. The molecule has 1 aliphatic heterocycles. The number of aromatic hydroxyl groups is 1. The number of pyridine rings is 1. The average molecular weight is 545 g/mol. The molecule has 4 aromatic rings. The van der Waals surface area contributed by atoms with Crippen molar-refractivity contribution in [1.29, 1.82) is 0 Å². The number of hydrogen-bond donors (Lipinski definition) is 3. The van der Waals surface area contributed by atoms with Gasteiger partial charge in [0.05, 0.1) is 21.8 Å². The maximum absolute atomic E-state index is 13.0. The Morgan fingerprint density at radius 1 is 1.08 bits per heavy atom. The van der Waals surface area contributed by atoms with Gasteiger partial charge in [-0.2, -0.15) is 0 Å². The van der Waals surface area contributed by atoms with Crippen LogP contribution in [0.5, 0.6) is 5.88 Å². The van der Waals surface area contributed by atoms with Crippen LogP contribution in [0.4, 0.5) is 11.4 Å². The van der Waals surface area contributed by atoms with Gasteiger partial charge in [-0.05, 0) is 80.4 Å². The number of aromatic nitrogens is 2. The fraction of sp³-hybridized carbons (Fsp3) is 0.310. The molecule has 202 valence electrons. The molecule has 0 bridgehead atoms. The standard InChI is InChI=1S/C29H32N6O3S/c1-34-14-16-35(17-15-34)22-9-7-21(8-10-22)32-28(26-4-2-3-13-30-26)27-24-18-23(11-12-25(24)33-29(27)36)39(37,38)31-19-20-5-6-20/h2-4,7-13,18,20,31,33,36H,5-6,14-17,19H2,1H3. The molecular formula is C29H32N6O3S. The molecule has 3 N–H and O–H groups in total. The summed E-state index contributed by atoms with van der Waals surface area (Å²) in [5, 5.41) is 11.6. The number of piperazine rings is 1. The van der Waals surface area contributed by atoms with Gasteiger partial charge < -0.3 is 19.9 Å². The topological polar surface area (TPSA) is 114 Å². The molecule has 6 rings (SSSR count). The summed E-state index contributed by atoms with van der Waals surface area (Å²) in [6.07, 6.45) is 3.78. The molecule has 1 aliphatic carbocycles. The molecule has 0 unspecified atom stereocenters. The largest absolute Gasteiger partial charge is 0.494 e. The van der Waals surface area contributed by atoms with Crippen LogP contribution in [0.25, 0.3) is 10.9 Å². The van der Waals surface area contributed by atoms with Gasteiger partial charge in [0.15, 0.2) is 5.88 Å². The Kier molecular flexibility index (Phi) is 6.84. The number of rotatable bonds is 8. The first-order chi connectivity index (χ1) is 18.9. The third kappa shape index (κ3) is 5.54. The van der Waals surface area contributed by atoms with Gasteiger partial charge in [0, 0.05) is 55.5 Å². The third-order valence-corrected chi connectivity index (χ3v) is 8.84. The van der Waals surface area contributed by atoms with Crippen LogP contribution in [0.15, 0.2) is 76.7 Å². The van der Waals surface area contributed by atoms with Crippen molar-refractivity contribution >= 4 is 38.0 Å². The summed E-state index contributed by atoms with van der Waals surface area (Å²) in [5.41, 5.74) is 3.88. The van der Waals surface area contributed by atoms with Crippen molar-refractivity contribution in [2.24, 2.45) is 10.9 Å². The molecule has 1 saturated carbocycles. The van der Waals surface area contributed by atoms with Crippen molar-refractivity contribution in [3.05, 3.63) is 78.1 Å². The van der Waals surface area contributed by atoms with E-state index in [2.05, 4.69) is 43.7 Å². The molecule has 0 amide bonds. The maximum Gasteiger partial charge on any atom is 0.240 e. The zero-order chi connectivity index (χ0) is 27.0. The van der Waals surface area contributed by atoms with Crippen molar-refractivity contribution < 1.29 is 13.5 Å². The van der Waals surface area contributed by atoms with E-state index in [0.29, 0.717) is 46.0 Å². The van der Waals surface area contributed by atoms with Gasteiger partial charge >= 0.3 is 0 Å². The second-order valence-corrected chi connectivity index (χ2v) is 12.1. The predicted molar refractivity (Wildman–Crippen MR) is 154 cm³/mol. The van der Waals surface area contributed by atoms with Crippen LogP contribution in [0.2, 0.25) is 0 Å². The predicted octanol–water partition coefficient (Wildman–Crippen LogP) is 3.88. The number of aliphatic imine (C=N–C) groups is 1. The first-order valence-corrected chi connectivity index (χ1v) is 14.7. The van der Waals surface area contributed by atoms with Crippen molar-refractivity contribution in [3.63, 3.8) is 0 Å². The smallest absolute Gasteiger partial charge is 0.240 e. The number of aromatic amines is 1. The Labute approximate surface area is 228 Å². The lowest BCUT2D eigenvalue weighted by atomic mass is 10.0. The van der Waals surface area contributed by atoms with E-state index < -0.39 is 10.0 Å². The fourth-order valence-corrected chi connectivity index (χ4v) is 6.01. The number of fused-ring (bicyclic) bond motifs is 1. The van der Waals surface area contributed by atoms with Crippen LogP contribution in [-0.2, 0) is 10.0 Å². The van der Waals surface area contributed by atoms with Crippen LogP contribution >= 0.6 is 0 Å². The maximum atomic E-state index is 13.0. The molecule has 1 saturated heterocycles. The zero-order valence-electron chi connectivity index (χ0n) is 21.8. The van der Waals surface area contributed by atoms with Crippen molar-refractivity contribution in [2.45, 2.75) is 17.7 Å². The number of benzene rings is 2. The molecule has 0 radical (unpaired) electrons. The zero-order valence-corrected chi connectivity index (χ0v) is 22.7. The molecule has 39 heavy (non-hydrogen) atoms. The van der Waals surface area contributed by atoms with E-state index in [0.717, 1.165) is 44.7 Å². The lowest BCUT2D eigenvalue weighted by molar-refractivity contribution is 0.313. The van der Waals surface area contributed by atoms with Gasteiger partial charge in [-0.15, -0.1) is 0 Å². The van der Waals surface area contributed by atoms with Gasteiger partial charge in [-0.3, -0.25) is 4.98 Å². The van der Waals surface area contributed by atoms with Gasteiger partial charge in [0.2, 0.25) is 10.0 Å². The van der Waals surface area contributed by atoms with Crippen LogP contribution in [0.1, 0.15) is 24.1 Å². The minimum absolute atomic E-state index is 0.0936. The molecule has 2 fully saturated rings. The number of likely N-dealkylation sites (N-methyl/N-ethyl adjacent to an activating group) is 1. The monoisotopic (exact) mass is 544 g/mol. The van der Waals surface area contributed by atoms with Crippen LogP contribution in [0.3, 0.4) is 0 Å². The van der Waals surface area contributed by atoms with Crippen molar-refractivity contribution in [2.75, 3.05) is 44.7 Å². The molecular weight excluding hydrogens is 512 g/mol. The van der Waals surface area contributed by atoms with E-state index in [-0.39, 0.29) is 10.8 Å². The van der Waals surface area contributed by atoms with Crippen molar-refractivity contribution in [1.82, 2.24) is 19.6 Å². The van der Waals surface area contributed by atoms with E-state index in [9.17, 15) is 13.5 Å². The Morgan fingerprint density at radius 2 is 1.85 bits per heavy atom. The Morgan fingerprint density at radius 3 is 2.54 bits per heavy atom. The molecule has 10 heteroatoms. The van der Waals surface area contributed by atoms with Crippen LogP contribution in [0, 0.1) is 5.92 Å². The highest BCUT2D eigenvalue weighted by Crippen LogP contribution is 2.33. The number of hydrogen-bond acceptors (Lipinski definition) is 7. The summed E-state index contributed by atoms with van der Waals surface area (Å²) in [4.78, 5) is 17.2. The summed E-state index contributed by atoms with van der Waals surface area (Å²) in [5.74, 6) is 0.324. The highest BCUT2D eigenvalue weighted by atomic mass is 32.2. The second kappa shape index (κ2) is 10.4. The normalized spacial score (nSPS) is 17.2. The summed E-state index contributed by atoms with van der Waals surface area (Å²) >= 11 is 0. The summed E-state index contributed by atoms with van der Waals surface area (Å²) in [6.45, 7) is 4.44. The summed E-state index contributed by atoms with van der Waals surface area (Å²) in [7, 11) is -1.55. The van der Waals surface area contributed by atoms with Crippen LogP contribution < -0.4 is 9.62 Å². The lowest BCUT2D eigenvalue weighted by Gasteiger charge is -2.34. The van der Waals surface area contributed by atoms with Gasteiger partial charge in [-0.25, -0.2) is 18.1 Å². The molecule has 9 nitrogen and oxygen atoms in total. The first-order valence-electron chi connectivity index (χ1n) is 13.3. The van der Waals surface area contributed by atoms with E-state index in [1.165, 1.54) is 0 Å². The average Bonchev–Trinajstić information content (AvgIpc) is 3.73. The SMILES string of the molecule is CN1CCN(c2ccc(N=C(c3ccccn3)c3c(O)[nH]c4ccc(S(=O)(=O)NCC5CC5)cc34)cc2)CC1. The number of anilines is 1. The number of sulfonamides is 1. The van der Waals surface area contributed by atoms with Gasteiger partial charge in [0.25, 0.3) is 0 Å². The Bertz CT molecular complexity index is 1600. The van der Waals surface area contributed by atoms with E-state index in [1.807, 2.05) is 30.3 Å². The molecule has 3 heterocycles. The molecule has 0 spiro atoms. The Balaban J connectivity index is 1.40. The fourth-order valence-electron chi connectivity index (χ4n) is 4.87. The molecule has 0 atom stereocenters. The number of nitrogens with one attached hydrogen (secondary N) is 2. The van der Waals surface area contributed by atoms with Gasteiger partial charge in [0.1, 0.15) is 5.71 Å². The quantitative estimate of drug-likeness (QED) is 0.290. The minimum Gasteiger partial charge on any atom is -0.494 e. The minimum atomic E-state index is -3.69.